The highest BCUT2D eigenvalue weighted by Crippen LogP contribution is 2.32. The number of halogens is 1. The first kappa shape index (κ1) is 17.6. The van der Waals surface area contributed by atoms with Crippen LogP contribution < -0.4 is 14.8 Å². The lowest BCUT2D eigenvalue weighted by Gasteiger charge is -2.07. The lowest BCUT2D eigenvalue weighted by molar-refractivity contribution is -0.115. The Kier molecular flexibility index (Phi) is 5.45. The zero-order chi connectivity index (χ0) is 17.8. The molecular formula is C18H15BrN2O3S. The van der Waals surface area contributed by atoms with Gasteiger partial charge in [-0.3, -0.25) is 4.79 Å². The van der Waals surface area contributed by atoms with Crippen molar-refractivity contribution in [3.8, 4) is 11.5 Å². The zero-order valence-electron chi connectivity index (χ0n) is 13.6. The summed E-state index contributed by atoms with van der Waals surface area (Å²) in [7, 11) is 3.18. The average Bonchev–Trinajstić information content (AvgIpc) is 2.94. The second-order valence-corrected chi connectivity index (χ2v) is 7.02. The third kappa shape index (κ3) is 4.24. The first-order valence-corrected chi connectivity index (χ1v) is 8.97. The molecule has 1 amide bonds. The molecule has 1 fully saturated rings. The van der Waals surface area contributed by atoms with E-state index < -0.39 is 0 Å². The SMILES string of the molecule is COc1ccc(OC)c(C=C2SC(=Nc3cccc(Br)c3)NC2=O)c1. The number of carbonyl (C=O) groups excluding carboxylic acids is 1. The number of benzene rings is 2. The molecule has 5 nitrogen and oxygen atoms in total. The fourth-order valence-electron chi connectivity index (χ4n) is 2.24. The quantitative estimate of drug-likeness (QED) is 0.749. The van der Waals surface area contributed by atoms with Crippen LogP contribution in [0.1, 0.15) is 5.56 Å². The highest BCUT2D eigenvalue weighted by molar-refractivity contribution is 9.10. The van der Waals surface area contributed by atoms with Gasteiger partial charge in [-0.1, -0.05) is 22.0 Å². The molecule has 1 aliphatic rings. The third-order valence-electron chi connectivity index (χ3n) is 3.41. The highest BCUT2D eigenvalue weighted by Gasteiger charge is 2.24. The second kappa shape index (κ2) is 7.76. The van der Waals surface area contributed by atoms with Crippen molar-refractivity contribution in [2.24, 2.45) is 4.99 Å². The molecule has 1 saturated heterocycles. The van der Waals surface area contributed by atoms with Crippen molar-refractivity contribution in [3.05, 3.63) is 57.4 Å². The van der Waals surface area contributed by atoms with Crippen LogP contribution in [0.15, 0.2) is 56.8 Å². The van der Waals surface area contributed by atoms with Crippen molar-refractivity contribution in [2.45, 2.75) is 0 Å². The largest absolute Gasteiger partial charge is 0.497 e. The average molecular weight is 419 g/mol. The van der Waals surface area contributed by atoms with Gasteiger partial charge in [-0.25, -0.2) is 4.99 Å². The molecule has 128 valence electrons. The van der Waals surface area contributed by atoms with E-state index in [2.05, 4.69) is 26.2 Å². The van der Waals surface area contributed by atoms with Crippen molar-refractivity contribution in [2.75, 3.05) is 14.2 Å². The van der Waals surface area contributed by atoms with E-state index in [4.69, 9.17) is 9.47 Å². The number of carbonyl (C=O) groups is 1. The van der Waals surface area contributed by atoms with E-state index in [1.807, 2.05) is 36.4 Å². The lowest BCUT2D eigenvalue weighted by atomic mass is 10.1. The molecule has 3 rings (SSSR count). The summed E-state index contributed by atoms with van der Waals surface area (Å²) in [6.45, 7) is 0. The van der Waals surface area contributed by atoms with Gasteiger partial charge in [-0.05, 0) is 54.2 Å². The predicted molar refractivity (Wildman–Crippen MR) is 104 cm³/mol. The monoisotopic (exact) mass is 418 g/mol. The Hall–Kier alpha value is -2.25. The topological polar surface area (TPSA) is 59.9 Å². The van der Waals surface area contributed by atoms with Crippen molar-refractivity contribution in [3.63, 3.8) is 0 Å². The van der Waals surface area contributed by atoms with Crippen LogP contribution in [0.3, 0.4) is 0 Å². The predicted octanol–water partition coefficient (Wildman–Crippen LogP) is 4.36. The van der Waals surface area contributed by atoms with Gasteiger partial charge in [0.25, 0.3) is 5.91 Å². The van der Waals surface area contributed by atoms with Gasteiger partial charge >= 0.3 is 0 Å². The molecule has 0 atom stereocenters. The minimum atomic E-state index is -0.191. The summed E-state index contributed by atoms with van der Waals surface area (Å²) in [5.74, 6) is 1.17. The van der Waals surface area contributed by atoms with Gasteiger partial charge < -0.3 is 14.8 Å². The molecule has 2 aromatic carbocycles. The molecular weight excluding hydrogens is 404 g/mol. The van der Waals surface area contributed by atoms with E-state index in [-0.39, 0.29) is 5.91 Å². The number of methoxy groups -OCH3 is 2. The van der Waals surface area contributed by atoms with Gasteiger partial charge in [0.15, 0.2) is 5.17 Å². The molecule has 25 heavy (non-hydrogen) atoms. The first-order valence-electron chi connectivity index (χ1n) is 7.36. The van der Waals surface area contributed by atoms with E-state index in [0.29, 0.717) is 21.6 Å². The molecule has 0 aliphatic carbocycles. The number of ether oxygens (including phenoxy) is 2. The molecule has 0 saturated carbocycles. The maximum atomic E-state index is 12.2. The molecule has 1 aliphatic heterocycles. The normalized spacial score (nSPS) is 17.0. The number of nitrogens with zero attached hydrogens (tertiary/aromatic N) is 1. The van der Waals surface area contributed by atoms with E-state index in [9.17, 15) is 4.79 Å². The second-order valence-electron chi connectivity index (χ2n) is 5.07. The Balaban J connectivity index is 1.89. The number of amides is 1. The summed E-state index contributed by atoms with van der Waals surface area (Å²) in [5.41, 5.74) is 1.53. The van der Waals surface area contributed by atoms with E-state index in [1.54, 1.807) is 26.4 Å². The summed E-state index contributed by atoms with van der Waals surface area (Å²) in [6, 6.07) is 13.0. The smallest absolute Gasteiger partial charge is 0.264 e. The molecule has 0 unspecified atom stereocenters. The minimum Gasteiger partial charge on any atom is -0.497 e. The molecule has 0 radical (unpaired) electrons. The van der Waals surface area contributed by atoms with Crippen LogP contribution in [0.2, 0.25) is 0 Å². The van der Waals surface area contributed by atoms with E-state index >= 15 is 0 Å². The highest BCUT2D eigenvalue weighted by atomic mass is 79.9. The maximum Gasteiger partial charge on any atom is 0.264 e. The van der Waals surface area contributed by atoms with Crippen LogP contribution in [0.25, 0.3) is 6.08 Å². The number of hydrogen-bond acceptors (Lipinski definition) is 5. The van der Waals surface area contributed by atoms with Crippen molar-refractivity contribution >= 4 is 50.5 Å². The fraction of sp³-hybridized carbons (Fsp3) is 0.111. The van der Waals surface area contributed by atoms with Gasteiger partial charge in [0.05, 0.1) is 24.8 Å². The molecule has 0 spiro atoms. The third-order valence-corrected chi connectivity index (χ3v) is 4.82. The Morgan fingerprint density at radius 3 is 2.72 bits per heavy atom. The fourth-order valence-corrected chi connectivity index (χ4v) is 3.46. The number of thioether (sulfide) groups is 1. The van der Waals surface area contributed by atoms with Crippen molar-refractivity contribution < 1.29 is 14.3 Å². The number of nitrogens with one attached hydrogen (secondary N) is 1. The zero-order valence-corrected chi connectivity index (χ0v) is 16.0. The number of aliphatic imine (C=N–C) groups is 1. The standard InChI is InChI=1S/C18H15BrN2O3S/c1-23-14-6-7-15(24-2)11(8-14)9-16-17(22)21-18(25-16)20-13-5-3-4-12(19)10-13/h3-10H,1-2H3,(H,20,21,22). The van der Waals surface area contributed by atoms with Crippen LogP contribution in [0, 0.1) is 0 Å². The molecule has 0 aromatic heterocycles. The molecule has 0 bridgehead atoms. The first-order chi connectivity index (χ1) is 12.1. The van der Waals surface area contributed by atoms with Crippen LogP contribution in [-0.4, -0.2) is 25.3 Å². The Labute approximate surface area is 158 Å². The van der Waals surface area contributed by atoms with Crippen LogP contribution >= 0.6 is 27.7 Å². The summed E-state index contributed by atoms with van der Waals surface area (Å²) < 4.78 is 11.5. The van der Waals surface area contributed by atoms with E-state index in [1.165, 1.54) is 11.8 Å². The maximum absolute atomic E-state index is 12.2. The Morgan fingerprint density at radius 2 is 2.00 bits per heavy atom. The summed E-state index contributed by atoms with van der Waals surface area (Å²) >= 11 is 4.69. The Bertz CT molecular complexity index is 880. The number of rotatable bonds is 4. The summed E-state index contributed by atoms with van der Waals surface area (Å²) in [5, 5.41) is 3.31. The number of hydrogen-bond donors (Lipinski definition) is 1. The van der Waals surface area contributed by atoms with Gasteiger partial charge in [-0.15, -0.1) is 0 Å². The molecule has 1 N–H and O–H groups in total. The van der Waals surface area contributed by atoms with Gasteiger partial charge in [0, 0.05) is 10.0 Å². The number of amidine groups is 1. The van der Waals surface area contributed by atoms with Gasteiger partial charge in [0.1, 0.15) is 11.5 Å². The minimum absolute atomic E-state index is 0.191. The van der Waals surface area contributed by atoms with Crippen LogP contribution in [0.5, 0.6) is 11.5 Å². The van der Waals surface area contributed by atoms with Gasteiger partial charge in [-0.2, -0.15) is 0 Å². The van der Waals surface area contributed by atoms with Crippen LogP contribution in [-0.2, 0) is 4.79 Å². The molecule has 7 heteroatoms. The van der Waals surface area contributed by atoms with E-state index in [0.717, 1.165) is 15.7 Å². The van der Waals surface area contributed by atoms with Crippen molar-refractivity contribution in [1.82, 2.24) is 5.32 Å². The Morgan fingerprint density at radius 1 is 1.16 bits per heavy atom. The van der Waals surface area contributed by atoms with Crippen LogP contribution in [0.4, 0.5) is 5.69 Å². The summed E-state index contributed by atoms with van der Waals surface area (Å²) in [6.07, 6.45) is 1.77. The summed E-state index contributed by atoms with van der Waals surface area (Å²) in [4.78, 5) is 17.2. The molecule has 2 aromatic rings. The lowest BCUT2D eigenvalue weighted by Crippen LogP contribution is -2.19. The van der Waals surface area contributed by atoms with Gasteiger partial charge in [0.2, 0.25) is 0 Å². The van der Waals surface area contributed by atoms with Crippen molar-refractivity contribution in [1.29, 1.82) is 0 Å². The molecule has 1 heterocycles.